The van der Waals surface area contributed by atoms with Crippen LogP contribution < -0.4 is 10.6 Å². The molecule has 0 unspecified atom stereocenters. The molecule has 1 heterocycles. The van der Waals surface area contributed by atoms with Crippen LogP contribution in [0.4, 0.5) is 5.69 Å². The first-order chi connectivity index (χ1) is 11.5. The van der Waals surface area contributed by atoms with Gasteiger partial charge in [-0.15, -0.1) is 0 Å². The third kappa shape index (κ3) is 3.27. The van der Waals surface area contributed by atoms with Crippen LogP contribution in [-0.2, 0) is 0 Å². The van der Waals surface area contributed by atoms with Crippen LogP contribution in [0, 0.1) is 0 Å². The Balaban J connectivity index is 1.75. The van der Waals surface area contributed by atoms with Crippen molar-refractivity contribution in [1.82, 2.24) is 15.5 Å². The molecule has 2 amide bonds. The van der Waals surface area contributed by atoms with Gasteiger partial charge in [-0.25, -0.2) is 0 Å². The molecule has 0 atom stereocenters. The lowest BCUT2D eigenvalue weighted by molar-refractivity contribution is 0.0942. The Labute approximate surface area is 139 Å². The van der Waals surface area contributed by atoms with E-state index in [1.807, 2.05) is 26.0 Å². The number of anilines is 1. The summed E-state index contributed by atoms with van der Waals surface area (Å²) in [6, 6.07) is 12.3. The van der Waals surface area contributed by atoms with Crippen LogP contribution in [0.2, 0.25) is 0 Å². The van der Waals surface area contributed by atoms with Crippen molar-refractivity contribution in [2.24, 2.45) is 0 Å². The minimum atomic E-state index is -0.232. The predicted octanol–water partition coefficient (Wildman–Crippen LogP) is 2.95. The van der Waals surface area contributed by atoms with Crippen molar-refractivity contribution in [3.05, 3.63) is 59.8 Å². The number of aromatic nitrogens is 2. The lowest BCUT2D eigenvalue weighted by atomic mass is 10.1. The van der Waals surface area contributed by atoms with E-state index in [0.29, 0.717) is 22.3 Å². The molecule has 0 spiro atoms. The first kappa shape index (κ1) is 15.7. The number of fused-ring (bicyclic) bond motifs is 1. The zero-order valence-electron chi connectivity index (χ0n) is 13.5. The van der Waals surface area contributed by atoms with Gasteiger partial charge < -0.3 is 10.6 Å². The second kappa shape index (κ2) is 6.54. The maximum atomic E-state index is 12.5. The van der Waals surface area contributed by atoms with Crippen LogP contribution in [0.1, 0.15) is 34.6 Å². The molecule has 3 N–H and O–H groups in total. The summed E-state index contributed by atoms with van der Waals surface area (Å²) < 4.78 is 0. The third-order valence-corrected chi connectivity index (χ3v) is 3.55. The Morgan fingerprint density at radius 2 is 1.79 bits per heavy atom. The number of para-hydroxylation sites is 1. The summed E-state index contributed by atoms with van der Waals surface area (Å²) in [5.41, 5.74) is 2.39. The summed E-state index contributed by atoms with van der Waals surface area (Å²) >= 11 is 0. The number of carbonyl (C=O) groups excluding carboxylic acids is 2. The monoisotopic (exact) mass is 322 g/mol. The third-order valence-electron chi connectivity index (χ3n) is 3.55. The molecule has 1 aromatic heterocycles. The number of hydrogen-bond acceptors (Lipinski definition) is 3. The fourth-order valence-electron chi connectivity index (χ4n) is 2.41. The van der Waals surface area contributed by atoms with Gasteiger partial charge in [0.25, 0.3) is 11.8 Å². The summed E-state index contributed by atoms with van der Waals surface area (Å²) in [6.45, 7) is 3.81. The predicted molar refractivity (Wildman–Crippen MR) is 93.1 cm³/mol. The Morgan fingerprint density at radius 3 is 2.50 bits per heavy atom. The molecule has 24 heavy (non-hydrogen) atoms. The molecular weight excluding hydrogens is 304 g/mol. The fourth-order valence-corrected chi connectivity index (χ4v) is 2.41. The van der Waals surface area contributed by atoms with E-state index in [-0.39, 0.29) is 17.9 Å². The molecule has 6 heteroatoms. The highest BCUT2D eigenvalue weighted by Gasteiger charge is 2.12. The van der Waals surface area contributed by atoms with Gasteiger partial charge in [-0.1, -0.05) is 12.1 Å². The minimum absolute atomic E-state index is 0.0757. The summed E-state index contributed by atoms with van der Waals surface area (Å²) in [4.78, 5) is 24.4. The van der Waals surface area contributed by atoms with Crippen LogP contribution in [0.3, 0.4) is 0 Å². The van der Waals surface area contributed by atoms with Crippen molar-refractivity contribution in [2.75, 3.05) is 5.32 Å². The van der Waals surface area contributed by atoms with Gasteiger partial charge in [-0.05, 0) is 44.2 Å². The average Bonchev–Trinajstić information content (AvgIpc) is 3.03. The van der Waals surface area contributed by atoms with Crippen LogP contribution in [0.5, 0.6) is 0 Å². The van der Waals surface area contributed by atoms with E-state index in [1.54, 1.807) is 36.5 Å². The average molecular weight is 322 g/mol. The van der Waals surface area contributed by atoms with Crippen molar-refractivity contribution in [1.29, 1.82) is 0 Å². The van der Waals surface area contributed by atoms with E-state index in [1.165, 1.54) is 0 Å². The molecule has 0 fully saturated rings. The quantitative estimate of drug-likeness (QED) is 0.690. The summed E-state index contributed by atoms with van der Waals surface area (Å²) in [7, 11) is 0. The number of H-pyrrole nitrogens is 1. The highest BCUT2D eigenvalue weighted by atomic mass is 16.2. The molecule has 0 saturated carbocycles. The number of carbonyl (C=O) groups is 2. The number of hydrogen-bond donors (Lipinski definition) is 3. The fraction of sp³-hybridized carbons (Fsp3) is 0.167. The van der Waals surface area contributed by atoms with Crippen molar-refractivity contribution >= 4 is 28.4 Å². The normalized spacial score (nSPS) is 10.8. The van der Waals surface area contributed by atoms with Gasteiger partial charge in [0.15, 0.2) is 0 Å². The highest BCUT2D eigenvalue weighted by Crippen LogP contribution is 2.18. The Kier molecular flexibility index (Phi) is 4.29. The molecule has 6 nitrogen and oxygen atoms in total. The topological polar surface area (TPSA) is 86.9 Å². The summed E-state index contributed by atoms with van der Waals surface area (Å²) in [6.07, 6.45) is 1.67. The van der Waals surface area contributed by atoms with Crippen molar-refractivity contribution in [3.63, 3.8) is 0 Å². The van der Waals surface area contributed by atoms with Gasteiger partial charge in [-0.2, -0.15) is 5.10 Å². The van der Waals surface area contributed by atoms with Crippen LogP contribution in [-0.4, -0.2) is 28.1 Å². The van der Waals surface area contributed by atoms with Gasteiger partial charge >= 0.3 is 0 Å². The van der Waals surface area contributed by atoms with Crippen LogP contribution in [0.25, 0.3) is 10.9 Å². The van der Waals surface area contributed by atoms with E-state index < -0.39 is 0 Å². The second-order valence-corrected chi connectivity index (χ2v) is 5.80. The van der Waals surface area contributed by atoms with Crippen molar-refractivity contribution in [2.45, 2.75) is 19.9 Å². The molecule has 0 aliphatic rings. The second-order valence-electron chi connectivity index (χ2n) is 5.80. The minimum Gasteiger partial charge on any atom is -0.350 e. The zero-order valence-corrected chi connectivity index (χ0v) is 13.5. The van der Waals surface area contributed by atoms with E-state index in [0.717, 1.165) is 5.39 Å². The first-order valence-electron chi connectivity index (χ1n) is 7.69. The van der Waals surface area contributed by atoms with Gasteiger partial charge in [0, 0.05) is 22.7 Å². The number of benzene rings is 2. The maximum Gasteiger partial charge on any atom is 0.257 e. The molecule has 0 aliphatic heterocycles. The number of amides is 2. The number of nitrogens with one attached hydrogen (secondary N) is 3. The van der Waals surface area contributed by atoms with Crippen LogP contribution in [0.15, 0.2) is 48.7 Å². The Bertz CT molecular complexity index is 881. The van der Waals surface area contributed by atoms with Gasteiger partial charge in [0.2, 0.25) is 0 Å². The number of aromatic amines is 1. The van der Waals surface area contributed by atoms with E-state index in [2.05, 4.69) is 20.8 Å². The summed E-state index contributed by atoms with van der Waals surface area (Å²) in [5, 5.41) is 13.3. The van der Waals surface area contributed by atoms with Crippen LogP contribution >= 0.6 is 0 Å². The first-order valence-corrected chi connectivity index (χ1v) is 7.69. The number of rotatable bonds is 4. The largest absolute Gasteiger partial charge is 0.350 e. The standard InChI is InChI=1S/C18H18N4O2/c1-11(2)20-17(23)12-6-8-14(9-7-12)21-18(24)15-5-3-4-13-10-19-22-16(13)15/h3-11H,1-2H3,(H,19,22)(H,20,23)(H,21,24). The van der Waals surface area contributed by atoms with Gasteiger partial charge in [0.05, 0.1) is 17.3 Å². The Morgan fingerprint density at radius 1 is 1.04 bits per heavy atom. The SMILES string of the molecule is CC(C)NC(=O)c1ccc(NC(=O)c2cccc3cn[nH]c23)cc1. The smallest absolute Gasteiger partial charge is 0.257 e. The summed E-state index contributed by atoms with van der Waals surface area (Å²) in [5.74, 6) is -0.366. The molecular formula is C18H18N4O2. The molecule has 0 aliphatic carbocycles. The molecule has 3 aromatic rings. The van der Waals surface area contributed by atoms with Crippen molar-refractivity contribution in [3.8, 4) is 0 Å². The van der Waals surface area contributed by atoms with E-state index in [4.69, 9.17) is 0 Å². The highest BCUT2D eigenvalue weighted by molar-refractivity contribution is 6.11. The van der Waals surface area contributed by atoms with Gasteiger partial charge in [0.1, 0.15) is 0 Å². The lowest BCUT2D eigenvalue weighted by Gasteiger charge is -2.09. The van der Waals surface area contributed by atoms with E-state index in [9.17, 15) is 9.59 Å². The Hall–Kier alpha value is -3.15. The van der Waals surface area contributed by atoms with Crippen molar-refractivity contribution < 1.29 is 9.59 Å². The number of nitrogens with zero attached hydrogens (tertiary/aromatic N) is 1. The lowest BCUT2D eigenvalue weighted by Crippen LogP contribution is -2.30. The molecule has 0 bridgehead atoms. The molecule has 3 rings (SSSR count). The van der Waals surface area contributed by atoms with E-state index >= 15 is 0 Å². The molecule has 2 aromatic carbocycles. The zero-order chi connectivity index (χ0) is 17.1. The molecule has 122 valence electrons. The maximum absolute atomic E-state index is 12.5. The molecule has 0 radical (unpaired) electrons. The molecule has 0 saturated heterocycles. The van der Waals surface area contributed by atoms with Gasteiger partial charge in [-0.3, -0.25) is 14.7 Å².